The summed E-state index contributed by atoms with van der Waals surface area (Å²) in [7, 11) is 0. The molecule has 0 saturated heterocycles. The van der Waals surface area contributed by atoms with Crippen molar-refractivity contribution in [2.45, 2.75) is 76.5 Å². The number of carbonyl (C=O) groups is 1. The molecule has 0 saturated carbocycles. The molecule has 152 valence electrons. The van der Waals surface area contributed by atoms with E-state index in [1.807, 2.05) is 24.3 Å². The van der Waals surface area contributed by atoms with Gasteiger partial charge in [-0.15, -0.1) is 0 Å². The Balaban J connectivity index is 1.77. The minimum Gasteiger partial charge on any atom is -0.494 e. The number of unbranched alkanes of at least 4 members (excludes halogenated alkanes) is 6. The van der Waals surface area contributed by atoms with Crippen molar-refractivity contribution in [2.24, 2.45) is 0 Å². The van der Waals surface area contributed by atoms with E-state index in [4.69, 9.17) is 4.74 Å². The molecule has 0 heterocycles. The van der Waals surface area contributed by atoms with Gasteiger partial charge in [-0.2, -0.15) is 0 Å². The van der Waals surface area contributed by atoms with Gasteiger partial charge in [0, 0.05) is 10.5 Å². The molecule has 0 amide bonds. The highest BCUT2D eigenvalue weighted by atomic mass is 32.2. The lowest BCUT2D eigenvalue weighted by atomic mass is 10.1. The largest absolute Gasteiger partial charge is 0.494 e. The molecular weight excluding hydrogens is 364 g/mol. The zero-order chi connectivity index (χ0) is 20.0. The van der Waals surface area contributed by atoms with Gasteiger partial charge in [-0.25, -0.2) is 0 Å². The van der Waals surface area contributed by atoms with Gasteiger partial charge in [0.05, 0.1) is 6.61 Å². The smallest absolute Gasteiger partial charge is 0.224 e. The highest BCUT2D eigenvalue weighted by Crippen LogP contribution is 2.25. The number of ether oxygens (including phenoxy) is 1. The van der Waals surface area contributed by atoms with E-state index in [-0.39, 0.29) is 5.12 Å². The van der Waals surface area contributed by atoms with Crippen molar-refractivity contribution in [1.29, 1.82) is 0 Å². The Hall–Kier alpha value is -1.74. The molecule has 0 radical (unpaired) electrons. The molecule has 0 bridgehead atoms. The van der Waals surface area contributed by atoms with E-state index in [2.05, 4.69) is 38.1 Å². The predicted molar refractivity (Wildman–Crippen MR) is 121 cm³/mol. The summed E-state index contributed by atoms with van der Waals surface area (Å²) >= 11 is 1.29. The van der Waals surface area contributed by atoms with Crippen LogP contribution in [0.3, 0.4) is 0 Å². The number of thioether (sulfide) groups is 1. The van der Waals surface area contributed by atoms with Gasteiger partial charge in [-0.1, -0.05) is 64.5 Å². The second-order valence-corrected chi connectivity index (χ2v) is 8.32. The van der Waals surface area contributed by atoms with Crippen LogP contribution in [0.2, 0.25) is 0 Å². The van der Waals surface area contributed by atoms with Crippen molar-refractivity contribution in [3.63, 3.8) is 0 Å². The topological polar surface area (TPSA) is 26.3 Å². The van der Waals surface area contributed by atoms with Crippen molar-refractivity contribution in [3.8, 4) is 5.75 Å². The standard InChI is InChI=1S/C25H34O2S/c1-3-5-7-9-11-21-12-18-24(19-13-21)28-25(26)22-14-16-23(17-15-22)27-20-10-8-6-4-2/h12-19H,3-11,20H2,1-2H3. The molecule has 2 rings (SSSR count). The Labute approximate surface area is 175 Å². The summed E-state index contributed by atoms with van der Waals surface area (Å²) in [5.74, 6) is 0.838. The molecule has 0 fully saturated rings. The van der Waals surface area contributed by atoms with E-state index in [1.54, 1.807) is 0 Å². The van der Waals surface area contributed by atoms with E-state index in [0.717, 1.165) is 30.1 Å². The summed E-state index contributed by atoms with van der Waals surface area (Å²) in [6, 6.07) is 15.9. The molecule has 0 N–H and O–H groups in total. The van der Waals surface area contributed by atoms with E-state index in [0.29, 0.717) is 5.56 Å². The molecule has 2 aromatic rings. The monoisotopic (exact) mass is 398 g/mol. The molecule has 0 aliphatic carbocycles. The lowest BCUT2D eigenvalue weighted by Gasteiger charge is -2.07. The Morgan fingerprint density at radius 2 is 1.43 bits per heavy atom. The summed E-state index contributed by atoms with van der Waals surface area (Å²) in [4.78, 5) is 13.5. The summed E-state index contributed by atoms with van der Waals surface area (Å²) in [6.07, 6.45) is 11.0. The van der Waals surface area contributed by atoms with Crippen LogP contribution in [-0.2, 0) is 6.42 Å². The average Bonchev–Trinajstić information content (AvgIpc) is 2.72. The number of aryl methyl sites for hydroxylation is 1. The van der Waals surface area contributed by atoms with Gasteiger partial charge in [0.15, 0.2) is 0 Å². The molecule has 0 atom stereocenters. The molecule has 0 spiro atoms. The average molecular weight is 399 g/mol. The molecule has 0 aromatic heterocycles. The number of carbonyl (C=O) groups excluding carboxylic acids is 1. The second-order valence-electron chi connectivity index (χ2n) is 7.28. The minimum atomic E-state index is 0.0743. The fourth-order valence-electron chi connectivity index (χ4n) is 3.05. The molecule has 0 unspecified atom stereocenters. The van der Waals surface area contributed by atoms with Gasteiger partial charge in [-0.05, 0) is 73.0 Å². The summed E-state index contributed by atoms with van der Waals surface area (Å²) in [5.41, 5.74) is 2.07. The first kappa shape index (κ1) is 22.5. The van der Waals surface area contributed by atoms with E-state index < -0.39 is 0 Å². The third-order valence-electron chi connectivity index (χ3n) is 4.81. The maximum absolute atomic E-state index is 12.5. The number of hydrogen-bond acceptors (Lipinski definition) is 3. The van der Waals surface area contributed by atoms with Gasteiger partial charge in [0.1, 0.15) is 5.75 Å². The highest BCUT2D eigenvalue weighted by molar-refractivity contribution is 8.14. The molecule has 28 heavy (non-hydrogen) atoms. The first-order valence-corrected chi connectivity index (χ1v) is 11.6. The number of benzene rings is 2. The van der Waals surface area contributed by atoms with E-state index in [1.165, 1.54) is 62.3 Å². The Morgan fingerprint density at radius 3 is 2.07 bits per heavy atom. The first-order valence-electron chi connectivity index (χ1n) is 10.8. The van der Waals surface area contributed by atoms with Gasteiger partial charge in [0.2, 0.25) is 5.12 Å². The number of hydrogen-bond donors (Lipinski definition) is 0. The van der Waals surface area contributed by atoms with Crippen LogP contribution in [0.5, 0.6) is 5.75 Å². The zero-order valence-corrected chi connectivity index (χ0v) is 18.2. The lowest BCUT2D eigenvalue weighted by molar-refractivity contribution is 0.108. The predicted octanol–water partition coefficient (Wildman–Crippen LogP) is 7.70. The summed E-state index contributed by atoms with van der Waals surface area (Å²) < 4.78 is 5.75. The van der Waals surface area contributed by atoms with Crippen molar-refractivity contribution in [2.75, 3.05) is 6.61 Å². The van der Waals surface area contributed by atoms with Gasteiger partial charge >= 0.3 is 0 Å². The summed E-state index contributed by atoms with van der Waals surface area (Å²) in [6.45, 7) is 5.18. The van der Waals surface area contributed by atoms with Crippen molar-refractivity contribution in [1.82, 2.24) is 0 Å². The summed E-state index contributed by atoms with van der Waals surface area (Å²) in [5, 5.41) is 0.0743. The van der Waals surface area contributed by atoms with Gasteiger partial charge in [-0.3, -0.25) is 4.79 Å². The quantitative estimate of drug-likeness (QED) is 0.255. The molecule has 0 aliphatic heterocycles. The zero-order valence-electron chi connectivity index (χ0n) is 17.4. The lowest BCUT2D eigenvalue weighted by Crippen LogP contribution is -1.98. The molecule has 0 aliphatic rings. The van der Waals surface area contributed by atoms with Crippen molar-refractivity contribution < 1.29 is 9.53 Å². The van der Waals surface area contributed by atoms with Crippen LogP contribution in [0.15, 0.2) is 53.4 Å². The first-order chi connectivity index (χ1) is 13.7. The Kier molecular flexibility index (Phi) is 10.8. The normalized spacial score (nSPS) is 10.8. The molecule has 3 heteroatoms. The fraction of sp³-hybridized carbons (Fsp3) is 0.480. The van der Waals surface area contributed by atoms with Crippen molar-refractivity contribution in [3.05, 3.63) is 59.7 Å². The molecule has 2 aromatic carbocycles. The molecular formula is C25H34O2S. The van der Waals surface area contributed by atoms with Crippen LogP contribution in [0.1, 0.15) is 81.1 Å². The maximum atomic E-state index is 12.5. The van der Waals surface area contributed by atoms with Crippen molar-refractivity contribution >= 4 is 16.9 Å². The van der Waals surface area contributed by atoms with Gasteiger partial charge < -0.3 is 4.74 Å². The van der Waals surface area contributed by atoms with Crippen LogP contribution in [0.4, 0.5) is 0 Å². The third kappa shape index (κ3) is 8.52. The Bertz CT molecular complexity index is 677. The van der Waals surface area contributed by atoms with Crippen LogP contribution >= 0.6 is 11.8 Å². The van der Waals surface area contributed by atoms with E-state index >= 15 is 0 Å². The number of rotatable bonds is 13. The van der Waals surface area contributed by atoms with Crippen LogP contribution in [0, 0.1) is 0 Å². The van der Waals surface area contributed by atoms with Crippen LogP contribution in [-0.4, -0.2) is 11.7 Å². The van der Waals surface area contributed by atoms with Crippen LogP contribution < -0.4 is 4.74 Å². The van der Waals surface area contributed by atoms with E-state index in [9.17, 15) is 4.79 Å². The Morgan fingerprint density at radius 1 is 0.786 bits per heavy atom. The third-order valence-corrected chi connectivity index (χ3v) is 5.74. The SMILES string of the molecule is CCCCCCOc1ccc(C(=O)Sc2ccc(CCCCCC)cc2)cc1. The van der Waals surface area contributed by atoms with Gasteiger partial charge in [0.25, 0.3) is 0 Å². The highest BCUT2D eigenvalue weighted by Gasteiger charge is 2.08. The maximum Gasteiger partial charge on any atom is 0.224 e. The molecule has 2 nitrogen and oxygen atoms in total. The second kappa shape index (κ2) is 13.4. The fourth-order valence-corrected chi connectivity index (χ4v) is 3.79. The minimum absolute atomic E-state index is 0.0743. The van der Waals surface area contributed by atoms with Crippen LogP contribution in [0.25, 0.3) is 0 Å².